The largest absolute Gasteiger partial charge is 0.368 e. The van der Waals surface area contributed by atoms with Crippen LogP contribution < -0.4 is 21.3 Å². The van der Waals surface area contributed by atoms with Crippen molar-refractivity contribution in [2.75, 3.05) is 42.1 Å². The van der Waals surface area contributed by atoms with Gasteiger partial charge in [0.15, 0.2) is 0 Å². The fourth-order valence-electron chi connectivity index (χ4n) is 3.86. The Morgan fingerprint density at radius 3 is 2.84 bits per heavy atom. The molecule has 4 rings (SSSR count). The quantitative estimate of drug-likeness (QED) is 0.780. The van der Waals surface area contributed by atoms with Crippen molar-refractivity contribution in [2.24, 2.45) is 5.41 Å². The van der Waals surface area contributed by atoms with Crippen molar-refractivity contribution in [3.05, 3.63) is 35.9 Å². The number of aromatic nitrogens is 3. The van der Waals surface area contributed by atoms with Crippen LogP contribution >= 0.6 is 0 Å². The zero-order valence-corrected chi connectivity index (χ0v) is 14.4. The summed E-state index contributed by atoms with van der Waals surface area (Å²) in [7, 11) is 0. The number of nitrogens with two attached hydrogens (primary N) is 1. The average Bonchev–Trinajstić information content (AvgIpc) is 3.04. The molecule has 2 aliphatic rings. The molecular weight excluding hydrogens is 314 g/mol. The number of nitrogens with one attached hydrogen (secondary N) is 2. The van der Waals surface area contributed by atoms with Crippen molar-refractivity contribution >= 4 is 17.8 Å². The summed E-state index contributed by atoms with van der Waals surface area (Å²) in [6, 6.07) is 10.2. The second-order valence-electron chi connectivity index (χ2n) is 7.11. The summed E-state index contributed by atoms with van der Waals surface area (Å²) >= 11 is 0. The van der Waals surface area contributed by atoms with Crippen molar-refractivity contribution in [1.82, 2.24) is 20.3 Å². The van der Waals surface area contributed by atoms with Crippen LogP contribution in [0.15, 0.2) is 30.3 Å². The van der Waals surface area contributed by atoms with Crippen molar-refractivity contribution in [3.8, 4) is 0 Å². The summed E-state index contributed by atoms with van der Waals surface area (Å²) in [5.41, 5.74) is 7.46. The van der Waals surface area contributed by atoms with E-state index in [1.165, 1.54) is 24.8 Å². The first-order chi connectivity index (χ1) is 12.2. The highest BCUT2D eigenvalue weighted by Crippen LogP contribution is 2.37. The lowest BCUT2D eigenvalue weighted by molar-refractivity contribution is 0.239. The second-order valence-corrected chi connectivity index (χ2v) is 7.11. The Labute approximate surface area is 148 Å². The van der Waals surface area contributed by atoms with Gasteiger partial charge >= 0.3 is 0 Å². The van der Waals surface area contributed by atoms with Crippen molar-refractivity contribution < 1.29 is 0 Å². The van der Waals surface area contributed by atoms with Crippen LogP contribution in [0.25, 0.3) is 0 Å². The third-order valence-corrected chi connectivity index (χ3v) is 5.22. The van der Waals surface area contributed by atoms with Crippen molar-refractivity contribution in [1.29, 1.82) is 0 Å². The Hall–Kier alpha value is -2.41. The number of nitrogen functional groups attached to an aromatic ring is 1. The number of anilines is 3. The van der Waals surface area contributed by atoms with Crippen molar-refractivity contribution in [3.63, 3.8) is 0 Å². The molecule has 0 saturated carbocycles. The monoisotopic (exact) mass is 339 g/mol. The minimum atomic E-state index is 0.267. The van der Waals surface area contributed by atoms with Crippen LogP contribution in [0, 0.1) is 5.41 Å². The van der Waals surface area contributed by atoms with Gasteiger partial charge in [-0.2, -0.15) is 15.0 Å². The van der Waals surface area contributed by atoms with Crippen LogP contribution in [0.4, 0.5) is 17.8 Å². The Balaban J connectivity index is 1.46. The van der Waals surface area contributed by atoms with Gasteiger partial charge in [0.1, 0.15) is 0 Å². The van der Waals surface area contributed by atoms with Gasteiger partial charge in [0, 0.05) is 31.6 Å². The summed E-state index contributed by atoms with van der Waals surface area (Å²) in [5, 5.41) is 6.79. The van der Waals surface area contributed by atoms with E-state index < -0.39 is 0 Å². The van der Waals surface area contributed by atoms with Crippen molar-refractivity contribution in [2.45, 2.75) is 25.8 Å². The molecule has 0 radical (unpaired) electrons. The van der Waals surface area contributed by atoms with E-state index in [9.17, 15) is 0 Å². The molecule has 1 spiro atoms. The zero-order valence-electron chi connectivity index (χ0n) is 14.4. The molecule has 25 heavy (non-hydrogen) atoms. The molecule has 0 bridgehead atoms. The maximum Gasteiger partial charge on any atom is 0.231 e. The van der Waals surface area contributed by atoms with E-state index >= 15 is 0 Å². The van der Waals surface area contributed by atoms with E-state index in [2.05, 4.69) is 42.6 Å². The van der Waals surface area contributed by atoms with Gasteiger partial charge in [-0.15, -0.1) is 0 Å². The van der Waals surface area contributed by atoms with Gasteiger partial charge in [-0.3, -0.25) is 0 Å². The number of hydrogen-bond donors (Lipinski definition) is 3. The van der Waals surface area contributed by atoms with E-state index in [0.29, 0.717) is 23.9 Å². The van der Waals surface area contributed by atoms with Gasteiger partial charge in [0.2, 0.25) is 17.8 Å². The Morgan fingerprint density at radius 2 is 2.04 bits per heavy atom. The van der Waals surface area contributed by atoms with Crippen LogP contribution in [0.5, 0.6) is 0 Å². The average molecular weight is 339 g/mol. The fourth-order valence-corrected chi connectivity index (χ4v) is 3.86. The molecule has 1 aromatic heterocycles. The topological polar surface area (TPSA) is 92.0 Å². The number of piperidine rings is 1. The highest BCUT2D eigenvalue weighted by molar-refractivity contribution is 5.43. The minimum Gasteiger partial charge on any atom is -0.368 e. The lowest BCUT2D eigenvalue weighted by Gasteiger charge is -2.33. The lowest BCUT2D eigenvalue weighted by atomic mass is 9.80. The molecule has 1 atom stereocenters. The minimum absolute atomic E-state index is 0.267. The fraction of sp³-hybridized carbons (Fsp3) is 0.500. The van der Waals surface area contributed by atoms with Gasteiger partial charge in [0.05, 0.1) is 0 Å². The second kappa shape index (κ2) is 6.84. The maximum absolute atomic E-state index is 5.92. The maximum atomic E-state index is 5.92. The molecule has 7 nitrogen and oxygen atoms in total. The summed E-state index contributed by atoms with van der Waals surface area (Å²) in [6.45, 7) is 4.85. The normalized spacial score (nSPS) is 23.1. The molecular formula is C18H25N7. The molecule has 4 N–H and O–H groups in total. The molecule has 132 valence electrons. The summed E-state index contributed by atoms with van der Waals surface area (Å²) in [6.07, 6.45) is 3.70. The zero-order chi connectivity index (χ0) is 17.1. The molecule has 3 heterocycles. The predicted molar refractivity (Wildman–Crippen MR) is 99.4 cm³/mol. The van der Waals surface area contributed by atoms with Gasteiger partial charge in [-0.25, -0.2) is 0 Å². The molecule has 0 unspecified atom stereocenters. The smallest absolute Gasteiger partial charge is 0.231 e. The number of rotatable bonds is 4. The van der Waals surface area contributed by atoms with Crippen LogP contribution in [0.1, 0.15) is 24.8 Å². The van der Waals surface area contributed by atoms with E-state index in [1.54, 1.807) is 0 Å². The van der Waals surface area contributed by atoms with E-state index in [4.69, 9.17) is 5.73 Å². The third kappa shape index (κ3) is 3.66. The Bertz CT molecular complexity index is 713. The van der Waals surface area contributed by atoms with E-state index in [1.807, 2.05) is 18.2 Å². The van der Waals surface area contributed by atoms with Crippen LogP contribution in [0.3, 0.4) is 0 Å². The highest BCUT2D eigenvalue weighted by atomic mass is 15.3. The van der Waals surface area contributed by atoms with Gasteiger partial charge in [-0.1, -0.05) is 30.3 Å². The van der Waals surface area contributed by atoms with Gasteiger partial charge < -0.3 is 21.3 Å². The highest BCUT2D eigenvalue weighted by Gasteiger charge is 2.39. The van der Waals surface area contributed by atoms with Crippen LogP contribution in [0.2, 0.25) is 0 Å². The third-order valence-electron chi connectivity index (χ3n) is 5.22. The SMILES string of the molecule is Nc1nc(NCc2ccccc2)nc(N2CC[C@]3(CCCNC3)C2)n1. The first kappa shape index (κ1) is 16.1. The Kier molecular flexibility index (Phi) is 4.40. The predicted octanol–water partition coefficient (Wildman–Crippen LogP) is 1.65. The van der Waals surface area contributed by atoms with E-state index in [-0.39, 0.29) is 5.95 Å². The molecule has 2 fully saturated rings. The summed E-state index contributed by atoms with van der Waals surface area (Å²) in [4.78, 5) is 15.4. The molecule has 0 amide bonds. The standard InChI is InChI=1S/C18H25N7/c19-15-22-16(21-11-14-5-2-1-3-6-14)24-17(23-15)25-10-8-18(13-25)7-4-9-20-12-18/h1-3,5-6,20H,4,7-13H2,(H3,19,21,22,23,24)/t18-/m0/s1. The lowest BCUT2D eigenvalue weighted by Crippen LogP contribution is -2.42. The first-order valence-corrected chi connectivity index (χ1v) is 8.98. The molecule has 1 aromatic carbocycles. The first-order valence-electron chi connectivity index (χ1n) is 8.98. The number of nitrogens with zero attached hydrogens (tertiary/aromatic N) is 4. The molecule has 7 heteroatoms. The Morgan fingerprint density at radius 1 is 1.16 bits per heavy atom. The number of benzene rings is 1. The van der Waals surface area contributed by atoms with Gasteiger partial charge in [0.25, 0.3) is 0 Å². The van der Waals surface area contributed by atoms with Crippen LogP contribution in [-0.4, -0.2) is 41.1 Å². The molecule has 2 aliphatic heterocycles. The molecule has 2 saturated heterocycles. The van der Waals surface area contributed by atoms with E-state index in [0.717, 1.165) is 26.2 Å². The van der Waals surface area contributed by atoms with Gasteiger partial charge in [-0.05, 0) is 31.4 Å². The van der Waals surface area contributed by atoms with Crippen LogP contribution in [-0.2, 0) is 6.54 Å². The summed E-state index contributed by atoms with van der Waals surface area (Å²) in [5.74, 6) is 1.49. The molecule has 2 aromatic rings. The summed E-state index contributed by atoms with van der Waals surface area (Å²) < 4.78 is 0. The number of hydrogen-bond acceptors (Lipinski definition) is 7. The molecule has 0 aliphatic carbocycles.